The first-order valence-electron chi connectivity index (χ1n) is 8.49. The molecule has 0 atom stereocenters. The molecule has 2 heterocycles. The van der Waals surface area contributed by atoms with Crippen molar-refractivity contribution < 1.29 is 9.21 Å². The highest BCUT2D eigenvalue weighted by atomic mass is 16.4. The number of hydrogen-bond acceptors (Lipinski definition) is 4. The highest BCUT2D eigenvalue weighted by Gasteiger charge is 2.27. The predicted octanol–water partition coefficient (Wildman–Crippen LogP) is 3.91. The lowest BCUT2D eigenvalue weighted by Gasteiger charge is -2.30. The molecule has 0 unspecified atom stereocenters. The van der Waals surface area contributed by atoms with Crippen LogP contribution in [0.25, 0.3) is 0 Å². The second kappa shape index (κ2) is 7.03. The van der Waals surface area contributed by atoms with Gasteiger partial charge < -0.3 is 14.6 Å². The molecule has 1 saturated heterocycles. The van der Waals surface area contributed by atoms with E-state index in [1.165, 1.54) is 0 Å². The molecule has 0 radical (unpaired) electrons. The van der Waals surface area contributed by atoms with Gasteiger partial charge in [0.25, 0.3) is 0 Å². The van der Waals surface area contributed by atoms with Gasteiger partial charge in [-0.15, -0.1) is 10.2 Å². The van der Waals surface area contributed by atoms with Gasteiger partial charge in [0.2, 0.25) is 11.8 Å². The molecule has 2 aromatic rings. The van der Waals surface area contributed by atoms with E-state index in [-0.39, 0.29) is 17.9 Å². The molecule has 1 fully saturated rings. The Balaban J connectivity index is 1.56. The van der Waals surface area contributed by atoms with E-state index in [1.807, 2.05) is 49.9 Å². The minimum atomic E-state index is -0.0452. The Morgan fingerprint density at radius 3 is 2.58 bits per heavy atom. The zero-order valence-corrected chi connectivity index (χ0v) is 14.5. The molecule has 6 heteroatoms. The molecular weight excluding hydrogens is 304 g/mol. The molecule has 1 aromatic heterocycles. The number of urea groups is 1. The summed E-state index contributed by atoms with van der Waals surface area (Å²) in [6.45, 7) is 7.46. The molecule has 24 heavy (non-hydrogen) atoms. The predicted molar refractivity (Wildman–Crippen MR) is 92.1 cm³/mol. The number of piperidine rings is 1. The number of benzene rings is 1. The highest BCUT2D eigenvalue weighted by molar-refractivity contribution is 5.90. The first-order chi connectivity index (χ1) is 11.5. The summed E-state index contributed by atoms with van der Waals surface area (Å²) in [4.78, 5) is 14.3. The second-order valence-electron chi connectivity index (χ2n) is 6.64. The minimum Gasteiger partial charge on any atom is -0.425 e. The molecule has 3 rings (SSSR count). The van der Waals surface area contributed by atoms with Crippen molar-refractivity contribution in [2.45, 2.75) is 45.4 Å². The molecule has 1 aliphatic heterocycles. The smallest absolute Gasteiger partial charge is 0.321 e. The Kier molecular flexibility index (Phi) is 4.83. The number of hydrogen-bond donors (Lipinski definition) is 1. The minimum absolute atomic E-state index is 0.0452. The Bertz CT molecular complexity index is 703. The van der Waals surface area contributed by atoms with Gasteiger partial charge in [0.1, 0.15) is 0 Å². The molecule has 0 aliphatic carbocycles. The topological polar surface area (TPSA) is 71.3 Å². The number of likely N-dealkylation sites (tertiary alicyclic amines) is 1. The van der Waals surface area contributed by atoms with Crippen LogP contribution in [0.4, 0.5) is 10.5 Å². The lowest BCUT2D eigenvalue weighted by atomic mass is 9.97. The van der Waals surface area contributed by atoms with Gasteiger partial charge in [-0.05, 0) is 31.4 Å². The number of carbonyl (C=O) groups is 1. The van der Waals surface area contributed by atoms with Crippen LogP contribution in [0.15, 0.2) is 28.7 Å². The summed E-state index contributed by atoms with van der Waals surface area (Å²) in [5.41, 5.74) is 1.93. The van der Waals surface area contributed by atoms with Crippen LogP contribution in [-0.2, 0) is 0 Å². The summed E-state index contributed by atoms with van der Waals surface area (Å²) in [5.74, 6) is 1.88. The van der Waals surface area contributed by atoms with Crippen molar-refractivity contribution in [3.63, 3.8) is 0 Å². The van der Waals surface area contributed by atoms with Crippen LogP contribution in [0.2, 0.25) is 0 Å². The maximum Gasteiger partial charge on any atom is 0.321 e. The fourth-order valence-corrected chi connectivity index (χ4v) is 2.88. The quantitative estimate of drug-likeness (QED) is 0.927. The molecule has 2 amide bonds. The van der Waals surface area contributed by atoms with Crippen LogP contribution in [0.1, 0.15) is 55.9 Å². The second-order valence-corrected chi connectivity index (χ2v) is 6.64. The third-order valence-electron chi connectivity index (χ3n) is 4.47. The van der Waals surface area contributed by atoms with E-state index in [4.69, 9.17) is 4.42 Å². The summed E-state index contributed by atoms with van der Waals surface area (Å²) >= 11 is 0. The molecule has 128 valence electrons. The molecule has 0 spiro atoms. The van der Waals surface area contributed by atoms with E-state index in [2.05, 4.69) is 15.5 Å². The van der Waals surface area contributed by atoms with Gasteiger partial charge in [0.05, 0.1) is 0 Å². The van der Waals surface area contributed by atoms with Crippen LogP contribution >= 0.6 is 0 Å². The van der Waals surface area contributed by atoms with Crippen molar-refractivity contribution in [1.29, 1.82) is 0 Å². The van der Waals surface area contributed by atoms with Crippen molar-refractivity contribution in [3.8, 4) is 0 Å². The van der Waals surface area contributed by atoms with Crippen LogP contribution < -0.4 is 5.32 Å². The van der Waals surface area contributed by atoms with Gasteiger partial charge in [-0.25, -0.2) is 4.79 Å². The van der Waals surface area contributed by atoms with Crippen LogP contribution in [0, 0.1) is 6.92 Å². The fourth-order valence-electron chi connectivity index (χ4n) is 2.88. The molecule has 0 bridgehead atoms. The third kappa shape index (κ3) is 3.58. The van der Waals surface area contributed by atoms with Crippen LogP contribution in [-0.4, -0.2) is 34.2 Å². The zero-order valence-electron chi connectivity index (χ0n) is 14.5. The van der Waals surface area contributed by atoms with Gasteiger partial charge in [-0.1, -0.05) is 32.0 Å². The number of para-hydroxylation sites is 1. The number of amides is 2. The number of nitrogens with zero attached hydrogens (tertiary/aromatic N) is 3. The summed E-state index contributed by atoms with van der Waals surface area (Å²) in [6.07, 6.45) is 1.70. The van der Waals surface area contributed by atoms with Crippen molar-refractivity contribution in [2.75, 3.05) is 18.4 Å². The van der Waals surface area contributed by atoms with Crippen LogP contribution in [0.5, 0.6) is 0 Å². The standard InChI is InChI=1S/C18H24N4O2/c1-12(2)16-20-21-17(24-16)14-8-10-22(11-9-14)18(23)19-15-7-5-4-6-13(15)3/h4-7,12,14H,8-11H2,1-3H3,(H,19,23). The van der Waals surface area contributed by atoms with E-state index in [1.54, 1.807) is 0 Å². The number of carbonyl (C=O) groups excluding carboxylic acids is 1. The summed E-state index contributed by atoms with van der Waals surface area (Å²) in [6, 6.07) is 7.76. The average molecular weight is 328 g/mol. The van der Waals surface area contributed by atoms with Gasteiger partial charge in [0.15, 0.2) is 0 Å². The fraction of sp³-hybridized carbons (Fsp3) is 0.500. The van der Waals surface area contributed by atoms with Gasteiger partial charge in [-0.2, -0.15) is 0 Å². The maximum atomic E-state index is 12.4. The lowest BCUT2D eigenvalue weighted by Crippen LogP contribution is -2.40. The molecular formula is C18H24N4O2. The SMILES string of the molecule is Cc1ccccc1NC(=O)N1CCC(c2nnc(C(C)C)o2)CC1. The number of nitrogens with one attached hydrogen (secondary N) is 1. The van der Waals surface area contributed by atoms with Crippen molar-refractivity contribution in [1.82, 2.24) is 15.1 Å². The van der Waals surface area contributed by atoms with Gasteiger partial charge in [0, 0.05) is 30.6 Å². The van der Waals surface area contributed by atoms with Gasteiger partial charge in [-0.3, -0.25) is 0 Å². The van der Waals surface area contributed by atoms with E-state index < -0.39 is 0 Å². The summed E-state index contributed by atoms with van der Waals surface area (Å²) in [7, 11) is 0. The average Bonchev–Trinajstić information content (AvgIpc) is 3.07. The number of anilines is 1. The Morgan fingerprint density at radius 2 is 1.96 bits per heavy atom. The lowest BCUT2D eigenvalue weighted by molar-refractivity contribution is 0.189. The number of aryl methyl sites for hydroxylation is 1. The molecule has 1 aromatic carbocycles. The van der Waals surface area contributed by atoms with E-state index in [9.17, 15) is 4.79 Å². The van der Waals surface area contributed by atoms with E-state index in [0.29, 0.717) is 24.9 Å². The Hall–Kier alpha value is -2.37. The first-order valence-corrected chi connectivity index (χ1v) is 8.49. The first kappa shape index (κ1) is 16.5. The zero-order chi connectivity index (χ0) is 17.1. The third-order valence-corrected chi connectivity index (χ3v) is 4.47. The Labute approximate surface area is 142 Å². The Morgan fingerprint density at radius 1 is 1.25 bits per heavy atom. The normalized spacial score (nSPS) is 15.8. The summed E-state index contributed by atoms with van der Waals surface area (Å²) in [5, 5.41) is 11.3. The molecule has 1 aliphatic rings. The summed E-state index contributed by atoms with van der Waals surface area (Å²) < 4.78 is 5.75. The monoisotopic (exact) mass is 328 g/mol. The molecule has 6 nitrogen and oxygen atoms in total. The number of aromatic nitrogens is 2. The maximum absolute atomic E-state index is 12.4. The largest absolute Gasteiger partial charge is 0.425 e. The van der Waals surface area contributed by atoms with E-state index >= 15 is 0 Å². The van der Waals surface area contributed by atoms with Crippen molar-refractivity contribution in [3.05, 3.63) is 41.6 Å². The van der Waals surface area contributed by atoms with Crippen molar-refractivity contribution >= 4 is 11.7 Å². The van der Waals surface area contributed by atoms with Gasteiger partial charge >= 0.3 is 6.03 Å². The number of rotatable bonds is 3. The van der Waals surface area contributed by atoms with E-state index in [0.717, 1.165) is 24.1 Å². The molecule has 1 N–H and O–H groups in total. The van der Waals surface area contributed by atoms with Crippen LogP contribution in [0.3, 0.4) is 0 Å². The molecule has 0 saturated carbocycles. The van der Waals surface area contributed by atoms with Crippen molar-refractivity contribution in [2.24, 2.45) is 0 Å². The highest BCUT2D eigenvalue weighted by Crippen LogP contribution is 2.28.